The molecule has 2 heterocycles. The summed E-state index contributed by atoms with van der Waals surface area (Å²) in [5, 5.41) is 16.2. The summed E-state index contributed by atoms with van der Waals surface area (Å²) in [4.78, 5) is 17.1. The Hall–Kier alpha value is -3.64. The number of nitrogens with zero attached hydrogens (tertiary/aromatic N) is 5. The van der Waals surface area contributed by atoms with Crippen molar-refractivity contribution >= 4 is 38.1 Å². The zero-order valence-corrected chi connectivity index (χ0v) is 18.1. The van der Waals surface area contributed by atoms with Crippen molar-refractivity contribution in [2.24, 2.45) is 0 Å². The topological polar surface area (TPSA) is 132 Å². The van der Waals surface area contributed by atoms with Gasteiger partial charge < -0.3 is 0 Å². The Morgan fingerprint density at radius 3 is 2.55 bits per heavy atom. The van der Waals surface area contributed by atoms with Crippen LogP contribution < -0.4 is 10.0 Å². The molecule has 4 rings (SSSR count). The number of nitrogens with one attached hydrogen (secondary N) is 2. The van der Waals surface area contributed by atoms with Crippen LogP contribution in [0.2, 0.25) is 0 Å². The van der Waals surface area contributed by atoms with Crippen molar-refractivity contribution in [1.82, 2.24) is 25.2 Å². The highest BCUT2D eigenvalue weighted by molar-refractivity contribution is 7.92. The summed E-state index contributed by atoms with van der Waals surface area (Å²) >= 11 is 1.30. The number of benzene rings is 2. The molecule has 0 aliphatic carbocycles. The number of sulfonamides is 1. The molecule has 4 aromatic rings. The van der Waals surface area contributed by atoms with Crippen LogP contribution in [0.25, 0.3) is 16.9 Å². The van der Waals surface area contributed by atoms with Crippen molar-refractivity contribution in [3.8, 4) is 16.9 Å². The van der Waals surface area contributed by atoms with Gasteiger partial charge in [0.1, 0.15) is 6.33 Å². The van der Waals surface area contributed by atoms with Crippen LogP contribution in [0.4, 0.5) is 10.8 Å². The van der Waals surface area contributed by atoms with E-state index in [1.54, 1.807) is 42.5 Å². The zero-order valence-electron chi connectivity index (χ0n) is 16.5. The van der Waals surface area contributed by atoms with Crippen molar-refractivity contribution in [2.45, 2.75) is 6.92 Å². The molecule has 158 valence electrons. The van der Waals surface area contributed by atoms with Gasteiger partial charge in [0.25, 0.3) is 5.91 Å². The van der Waals surface area contributed by atoms with Gasteiger partial charge in [-0.15, -0.1) is 16.4 Å². The van der Waals surface area contributed by atoms with Crippen molar-refractivity contribution < 1.29 is 13.2 Å². The number of amides is 1. The van der Waals surface area contributed by atoms with E-state index in [9.17, 15) is 13.2 Å². The molecule has 10 nitrogen and oxygen atoms in total. The van der Waals surface area contributed by atoms with Crippen LogP contribution in [0.5, 0.6) is 0 Å². The normalized spacial score (nSPS) is 11.3. The van der Waals surface area contributed by atoms with Gasteiger partial charge in [-0.05, 0) is 53.2 Å². The van der Waals surface area contributed by atoms with Gasteiger partial charge in [0.15, 0.2) is 5.13 Å². The maximum Gasteiger partial charge on any atom is 0.257 e. The van der Waals surface area contributed by atoms with Gasteiger partial charge >= 0.3 is 0 Å². The van der Waals surface area contributed by atoms with Crippen LogP contribution in [-0.4, -0.2) is 45.8 Å². The Morgan fingerprint density at radius 2 is 1.90 bits per heavy atom. The molecular weight excluding hydrogens is 438 g/mol. The molecule has 2 aromatic heterocycles. The first-order valence-electron chi connectivity index (χ1n) is 8.97. The van der Waals surface area contributed by atoms with Crippen molar-refractivity contribution in [3.63, 3.8) is 0 Å². The lowest BCUT2D eigenvalue weighted by Crippen LogP contribution is -2.12. The van der Waals surface area contributed by atoms with Crippen LogP contribution in [0, 0.1) is 6.92 Å². The Morgan fingerprint density at radius 1 is 1.13 bits per heavy atom. The Balaban J connectivity index is 1.46. The van der Waals surface area contributed by atoms with Gasteiger partial charge in [-0.2, -0.15) is 0 Å². The van der Waals surface area contributed by atoms with Crippen LogP contribution in [0.1, 0.15) is 15.9 Å². The van der Waals surface area contributed by atoms with Crippen LogP contribution in [0.3, 0.4) is 0 Å². The van der Waals surface area contributed by atoms with E-state index in [-0.39, 0.29) is 5.91 Å². The number of thiazole rings is 1. The average molecular weight is 456 g/mol. The summed E-state index contributed by atoms with van der Waals surface area (Å²) in [5.41, 5.74) is 4.07. The highest BCUT2D eigenvalue weighted by Gasteiger charge is 2.13. The molecule has 2 N–H and O–H groups in total. The number of carbonyl (C=O) groups is 1. The van der Waals surface area contributed by atoms with E-state index >= 15 is 0 Å². The maximum atomic E-state index is 12.6. The van der Waals surface area contributed by atoms with Gasteiger partial charge in [0, 0.05) is 22.2 Å². The van der Waals surface area contributed by atoms with Gasteiger partial charge in [-0.3, -0.25) is 14.8 Å². The number of hydrogen-bond acceptors (Lipinski definition) is 8. The zero-order chi connectivity index (χ0) is 22.0. The molecule has 0 fully saturated rings. The van der Waals surface area contributed by atoms with Crippen molar-refractivity contribution in [1.29, 1.82) is 0 Å². The number of aryl methyl sites for hydroxylation is 1. The summed E-state index contributed by atoms with van der Waals surface area (Å²) in [5.74, 6) is -0.278. The first-order chi connectivity index (χ1) is 14.8. The van der Waals surface area contributed by atoms with E-state index in [1.807, 2.05) is 12.3 Å². The standard InChI is InChI=1S/C19H17N7O3S2/c1-12-9-14(5-8-17(12)26-11-20-24-25-26)18(27)22-19-21-16(10-30-19)13-3-6-15(7-4-13)23-31(2,28)29/h3-11,23H,1-2H3,(H,21,22,27). The molecule has 1 amide bonds. The summed E-state index contributed by atoms with van der Waals surface area (Å²) in [6.07, 6.45) is 2.58. The predicted octanol–water partition coefficient (Wildman–Crippen LogP) is 2.72. The lowest BCUT2D eigenvalue weighted by atomic mass is 10.1. The number of hydrogen-bond donors (Lipinski definition) is 2. The fourth-order valence-corrected chi connectivity index (χ4v) is 4.16. The average Bonchev–Trinajstić information content (AvgIpc) is 3.39. The Kier molecular flexibility index (Phi) is 5.48. The van der Waals surface area contributed by atoms with Crippen LogP contribution >= 0.6 is 11.3 Å². The van der Waals surface area contributed by atoms with E-state index in [2.05, 4.69) is 30.5 Å². The van der Waals surface area contributed by atoms with Crippen molar-refractivity contribution in [3.05, 3.63) is 65.3 Å². The quantitative estimate of drug-likeness (QED) is 0.457. The molecule has 2 aromatic carbocycles. The van der Waals surface area contributed by atoms with E-state index in [4.69, 9.17) is 0 Å². The smallest absolute Gasteiger partial charge is 0.257 e. The third-order valence-corrected chi connectivity index (χ3v) is 5.63. The summed E-state index contributed by atoms with van der Waals surface area (Å²) in [7, 11) is -3.33. The molecule has 0 atom stereocenters. The predicted molar refractivity (Wildman–Crippen MR) is 118 cm³/mol. The number of carbonyl (C=O) groups excluding carboxylic acids is 1. The molecule has 31 heavy (non-hydrogen) atoms. The molecule has 0 bridgehead atoms. The van der Waals surface area contributed by atoms with Gasteiger partial charge in [-0.1, -0.05) is 12.1 Å². The second-order valence-electron chi connectivity index (χ2n) is 6.70. The summed E-state index contributed by atoms with van der Waals surface area (Å²) in [6.45, 7) is 1.87. The lowest BCUT2D eigenvalue weighted by Gasteiger charge is -2.07. The Bertz CT molecular complexity index is 1330. The molecular formula is C19H17N7O3S2. The van der Waals surface area contributed by atoms with Gasteiger partial charge in [-0.25, -0.2) is 18.1 Å². The molecule has 12 heteroatoms. The first kappa shape index (κ1) is 20.6. The second kappa shape index (κ2) is 8.24. The third kappa shape index (κ3) is 4.92. The van der Waals surface area contributed by atoms with E-state index in [0.29, 0.717) is 22.1 Å². The van der Waals surface area contributed by atoms with E-state index in [0.717, 1.165) is 23.1 Å². The largest absolute Gasteiger partial charge is 0.298 e. The maximum absolute atomic E-state index is 12.6. The minimum absolute atomic E-state index is 0.278. The second-order valence-corrected chi connectivity index (χ2v) is 9.31. The number of anilines is 2. The fourth-order valence-electron chi connectivity index (χ4n) is 2.88. The summed E-state index contributed by atoms with van der Waals surface area (Å²) < 4.78 is 26.6. The van der Waals surface area contributed by atoms with Gasteiger partial charge in [0.2, 0.25) is 10.0 Å². The molecule has 0 spiro atoms. The van der Waals surface area contributed by atoms with Crippen LogP contribution in [0.15, 0.2) is 54.2 Å². The summed E-state index contributed by atoms with van der Waals surface area (Å²) in [6, 6.07) is 12.1. The molecule has 0 unspecified atom stereocenters. The molecule has 0 aliphatic heterocycles. The highest BCUT2D eigenvalue weighted by atomic mass is 32.2. The molecule has 0 saturated heterocycles. The van der Waals surface area contributed by atoms with Crippen LogP contribution in [-0.2, 0) is 10.0 Å². The first-order valence-corrected chi connectivity index (χ1v) is 11.7. The minimum Gasteiger partial charge on any atom is -0.298 e. The minimum atomic E-state index is -3.33. The molecule has 0 aliphatic rings. The van der Waals surface area contributed by atoms with Crippen molar-refractivity contribution in [2.75, 3.05) is 16.3 Å². The van der Waals surface area contributed by atoms with E-state index < -0.39 is 10.0 Å². The lowest BCUT2D eigenvalue weighted by molar-refractivity contribution is 0.102. The molecule has 0 radical (unpaired) electrons. The SMILES string of the molecule is Cc1cc(C(=O)Nc2nc(-c3ccc(NS(C)(=O)=O)cc3)cs2)ccc1-n1cnnn1. The highest BCUT2D eigenvalue weighted by Crippen LogP contribution is 2.26. The number of aromatic nitrogens is 5. The fraction of sp³-hybridized carbons (Fsp3) is 0.105. The van der Waals surface area contributed by atoms with Gasteiger partial charge in [0.05, 0.1) is 17.6 Å². The third-order valence-electron chi connectivity index (χ3n) is 4.26. The van der Waals surface area contributed by atoms with E-state index in [1.165, 1.54) is 22.3 Å². The number of rotatable bonds is 6. The molecule has 0 saturated carbocycles. The number of tetrazole rings is 1. The Labute approximate surface area is 182 Å². The monoisotopic (exact) mass is 455 g/mol.